The van der Waals surface area contributed by atoms with E-state index in [0.29, 0.717) is 63.4 Å². The van der Waals surface area contributed by atoms with Crippen molar-refractivity contribution in [2.75, 3.05) is 22.9 Å². The number of hydrogen-bond acceptors (Lipinski definition) is 8. The Labute approximate surface area is 350 Å². The Bertz CT molecular complexity index is 2560. The first-order valence-electron chi connectivity index (χ1n) is 19.3. The minimum atomic E-state index is -4.65. The van der Waals surface area contributed by atoms with Gasteiger partial charge in [-0.3, -0.25) is 13.7 Å². The van der Waals surface area contributed by atoms with Crippen molar-refractivity contribution in [1.82, 2.24) is 0 Å². The predicted molar refractivity (Wildman–Crippen MR) is 235 cm³/mol. The molecule has 0 unspecified atom stereocenters. The van der Waals surface area contributed by atoms with Crippen LogP contribution in [-0.2, 0) is 30.4 Å². The monoisotopic (exact) mass is 862 g/mol. The van der Waals surface area contributed by atoms with Crippen LogP contribution in [0.3, 0.4) is 0 Å². The van der Waals surface area contributed by atoms with E-state index in [1.165, 1.54) is 6.07 Å². The van der Waals surface area contributed by atoms with Gasteiger partial charge in [0.05, 0.1) is 4.90 Å². The molecular formula is C45H54N2O9S3. The number of nitrogens with zero attached hydrogens (tertiary/aromatic N) is 2. The molecule has 59 heavy (non-hydrogen) atoms. The molecule has 0 heterocycles. The summed E-state index contributed by atoms with van der Waals surface area (Å²) in [5, 5.41) is 0. The van der Waals surface area contributed by atoms with E-state index in [4.69, 9.17) is 0 Å². The van der Waals surface area contributed by atoms with Crippen LogP contribution in [0.4, 0.5) is 22.7 Å². The highest BCUT2D eigenvalue weighted by Gasteiger charge is 2.29. The smallest absolute Gasteiger partial charge is 0.295 e. The van der Waals surface area contributed by atoms with Crippen LogP contribution in [-0.4, -0.2) is 52.0 Å². The van der Waals surface area contributed by atoms with Gasteiger partial charge in [-0.25, -0.2) is 0 Å². The summed E-state index contributed by atoms with van der Waals surface area (Å²) in [5.41, 5.74) is 7.94. The Morgan fingerprint density at radius 1 is 0.492 bits per heavy atom. The van der Waals surface area contributed by atoms with Gasteiger partial charge < -0.3 is 9.80 Å². The second kappa shape index (κ2) is 17.2. The fourth-order valence-electron chi connectivity index (χ4n) is 8.52. The third-order valence-electron chi connectivity index (χ3n) is 10.5. The maximum atomic E-state index is 12.8. The molecule has 0 amide bonds. The Hall–Kier alpha value is -4.57. The van der Waals surface area contributed by atoms with Crippen molar-refractivity contribution in [3.8, 4) is 0 Å². The van der Waals surface area contributed by atoms with Crippen molar-refractivity contribution < 1.29 is 38.9 Å². The highest BCUT2D eigenvalue weighted by atomic mass is 32.2. The molecule has 0 saturated carbocycles. The quantitative estimate of drug-likeness (QED) is 0.0717. The molecule has 0 aliphatic rings. The average molecular weight is 863 g/mol. The molecule has 0 bridgehead atoms. The molecule has 0 radical (unpaired) electrons. The Morgan fingerprint density at radius 3 is 1.17 bits per heavy atom. The average Bonchev–Trinajstić information content (AvgIpc) is 3.09. The van der Waals surface area contributed by atoms with Crippen molar-refractivity contribution in [2.45, 2.75) is 89.8 Å². The highest BCUT2D eigenvalue weighted by molar-refractivity contribution is 7.86. The summed E-state index contributed by atoms with van der Waals surface area (Å²) in [5.74, 6) is -0.380. The van der Waals surface area contributed by atoms with E-state index in [2.05, 4.69) is 0 Å². The molecule has 0 aliphatic carbocycles. The Kier molecular flexibility index (Phi) is 13.3. The second-order valence-electron chi connectivity index (χ2n) is 16.2. The lowest BCUT2D eigenvalue weighted by atomic mass is 9.84. The highest BCUT2D eigenvalue weighted by Crippen LogP contribution is 2.42. The van der Waals surface area contributed by atoms with Gasteiger partial charge in [0.1, 0.15) is 9.79 Å². The molecule has 0 aliphatic heterocycles. The zero-order valence-corrected chi connectivity index (χ0v) is 37.6. The molecule has 0 fully saturated rings. The first kappa shape index (κ1) is 45.5. The maximum Gasteiger partial charge on any atom is 0.295 e. The Balaban J connectivity index is 1.69. The van der Waals surface area contributed by atoms with Crippen molar-refractivity contribution in [1.29, 1.82) is 0 Å². The number of anilines is 4. The van der Waals surface area contributed by atoms with Crippen LogP contribution < -0.4 is 9.80 Å². The standard InChI is InChI=1S/C45H54N2O9S3/c1-27(2)25-46(42-29(5)23-31(7)44(33(42)9)58(51,52)53)37-19-15-35(16-20-37)41(39-13-11-12-14-40(39)57(48,49)50)36-17-21-38(22-18-36)47(26-28(3)4)43-30(6)24-32(8)45(34(43)10)59(54,55)56/h11-24,27-28,41H,25-26H2,1-10H3,(H,48,49,50)(H,51,52,53)(H,54,55,56). The Morgan fingerprint density at radius 2 is 0.847 bits per heavy atom. The zero-order valence-electron chi connectivity index (χ0n) is 35.1. The van der Waals surface area contributed by atoms with E-state index in [9.17, 15) is 38.9 Å². The molecule has 14 heteroatoms. The van der Waals surface area contributed by atoms with Crippen LogP contribution in [0.15, 0.2) is 99.6 Å². The van der Waals surface area contributed by atoms with Gasteiger partial charge in [-0.1, -0.05) is 82.3 Å². The van der Waals surface area contributed by atoms with Gasteiger partial charge in [0.15, 0.2) is 0 Å². The van der Waals surface area contributed by atoms with E-state index < -0.39 is 36.3 Å². The van der Waals surface area contributed by atoms with E-state index in [1.54, 1.807) is 58.0 Å². The van der Waals surface area contributed by atoms with E-state index in [0.717, 1.165) is 22.5 Å². The molecule has 5 aromatic rings. The summed E-state index contributed by atoms with van der Waals surface area (Å²) in [7, 11) is -13.7. The minimum absolute atomic E-state index is 0.132. The normalized spacial score (nSPS) is 12.5. The summed E-state index contributed by atoms with van der Waals surface area (Å²) in [4.78, 5) is 3.54. The van der Waals surface area contributed by atoms with Crippen LogP contribution in [0.2, 0.25) is 0 Å². The van der Waals surface area contributed by atoms with E-state index in [-0.39, 0.29) is 26.5 Å². The van der Waals surface area contributed by atoms with Crippen LogP contribution in [0.1, 0.15) is 83.7 Å². The van der Waals surface area contributed by atoms with Gasteiger partial charge in [-0.2, -0.15) is 25.3 Å². The second-order valence-corrected chi connectivity index (χ2v) is 20.3. The third-order valence-corrected chi connectivity index (χ3v) is 13.7. The summed E-state index contributed by atoms with van der Waals surface area (Å²) >= 11 is 0. The minimum Gasteiger partial charge on any atom is -0.341 e. The molecule has 0 saturated heterocycles. The van der Waals surface area contributed by atoms with Crippen molar-refractivity contribution in [2.24, 2.45) is 11.8 Å². The van der Waals surface area contributed by atoms with Gasteiger partial charge in [-0.05, 0) is 134 Å². The number of rotatable bonds is 14. The molecular weight excluding hydrogens is 809 g/mol. The molecule has 5 aromatic carbocycles. The summed E-state index contributed by atoms with van der Waals surface area (Å²) < 4.78 is 106. The van der Waals surface area contributed by atoms with Crippen molar-refractivity contribution >= 4 is 53.1 Å². The molecule has 0 spiro atoms. The van der Waals surface area contributed by atoms with E-state index >= 15 is 0 Å². The molecule has 3 N–H and O–H groups in total. The predicted octanol–water partition coefficient (Wildman–Crippen LogP) is 10.0. The summed E-state index contributed by atoms with van der Waals surface area (Å²) in [6.45, 7) is 19.7. The van der Waals surface area contributed by atoms with E-state index in [1.807, 2.05) is 99.9 Å². The number of aryl methyl sites for hydroxylation is 4. The fourth-order valence-corrected chi connectivity index (χ4v) is 11.2. The van der Waals surface area contributed by atoms with Gasteiger partial charge in [0.2, 0.25) is 0 Å². The maximum absolute atomic E-state index is 12.8. The zero-order chi connectivity index (χ0) is 43.9. The lowest BCUT2D eigenvalue weighted by Crippen LogP contribution is -2.25. The SMILES string of the molecule is Cc1cc(C)c(S(=O)(=O)O)c(C)c1N(CC(C)C)c1ccc(C(c2ccc(N(CC(C)C)c3c(C)cc(C)c(S(=O)(=O)O)c3C)cc2)c2ccccc2S(=O)(=O)O)cc1. The van der Waals surface area contributed by atoms with Crippen LogP contribution in [0.5, 0.6) is 0 Å². The van der Waals surface area contributed by atoms with Gasteiger partial charge in [-0.15, -0.1) is 0 Å². The largest absolute Gasteiger partial charge is 0.341 e. The number of benzene rings is 5. The van der Waals surface area contributed by atoms with Crippen molar-refractivity contribution in [3.05, 3.63) is 135 Å². The van der Waals surface area contributed by atoms with Gasteiger partial charge in [0, 0.05) is 41.8 Å². The number of hydrogen-bond donors (Lipinski definition) is 3. The van der Waals surface area contributed by atoms with Crippen LogP contribution in [0, 0.1) is 53.4 Å². The van der Waals surface area contributed by atoms with Crippen LogP contribution >= 0.6 is 0 Å². The van der Waals surface area contributed by atoms with Gasteiger partial charge >= 0.3 is 0 Å². The first-order valence-corrected chi connectivity index (χ1v) is 23.6. The molecule has 5 rings (SSSR count). The third kappa shape index (κ3) is 9.74. The summed E-state index contributed by atoms with van der Waals surface area (Å²) in [6, 6.07) is 24.9. The lowest BCUT2D eigenvalue weighted by Gasteiger charge is -2.32. The van der Waals surface area contributed by atoms with Gasteiger partial charge in [0.25, 0.3) is 30.4 Å². The molecule has 316 valence electrons. The first-order chi connectivity index (χ1) is 27.3. The summed E-state index contributed by atoms with van der Waals surface area (Å²) in [6.07, 6.45) is 0. The molecule has 0 aromatic heterocycles. The topological polar surface area (TPSA) is 170 Å². The van der Waals surface area contributed by atoms with Crippen molar-refractivity contribution in [3.63, 3.8) is 0 Å². The molecule has 11 nitrogen and oxygen atoms in total. The lowest BCUT2D eigenvalue weighted by molar-refractivity contribution is 0.479. The van der Waals surface area contributed by atoms with Crippen LogP contribution in [0.25, 0.3) is 0 Å². The fraction of sp³-hybridized carbons (Fsp3) is 0.333. The molecule has 0 atom stereocenters.